The first-order valence-electron chi connectivity index (χ1n) is 13.7. The molecule has 0 amide bonds. The van der Waals surface area contributed by atoms with E-state index in [0.717, 1.165) is 16.3 Å². The zero-order valence-corrected chi connectivity index (χ0v) is 21.8. The number of fused-ring (bicyclic) bond motifs is 6. The Morgan fingerprint density at radius 1 is 1.03 bits per heavy atom. The molecule has 3 fully saturated rings. The highest BCUT2D eigenvalue weighted by Gasteiger charge is 2.72. The van der Waals surface area contributed by atoms with E-state index in [4.69, 9.17) is 0 Å². The summed E-state index contributed by atoms with van der Waals surface area (Å²) in [7, 11) is 0. The number of hydrogen-bond donors (Lipinski definition) is 1. The van der Waals surface area contributed by atoms with E-state index in [-0.39, 0.29) is 36.1 Å². The Morgan fingerprint density at radius 2 is 1.76 bits per heavy atom. The number of carbonyl (C=O) groups excluding carboxylic acids is 3. The Kier molecular flexibility index (Phi) is 5.44. The standard InChI is InChI=1S/C32H35FO4/c1-18(34)28-24(29(37)23-10-6-8-19-7-4-5-9-22(19)23)16-26-25-12-11-20-15-21(35)13-14-31(20,3)32(25,33)27(36)17-30(26,28)2/h4-10,15,24-28,36H,11-14,16-17H2,1-3H3/t24-,25+,26+,27+,28+,30+,31+,32+/m1/s1. The molecule has 0 bridgehead atoms. The number of Topliss-reactive ketones (excluding diaryl/α,β-unsaturated/α-hetero) is 2. The molecule has 8 atom stereocenters. The number of alkyl halides is 1. The molecule has 0 aliphatic heterocycles. The summed E-state index contributed by atoms with van der Waals surface area (Å²) in [6, 6.07) is 13.4. The maximum absolute atomic E-state index is 17.5. The molecule has 3 saturated carbocycles. The van der Waals surface area contributed by atoms with Crippen LogP contribution in [0.1, 0.15) is 69.7 Å². The summed E-state index contributed by atoms with van der Waals surface area (Å²) in [5.41, 5.74) is -2.04. The SMILES string of the molecule is CC(=O)[C@H]1[C@H](C(=O)c2cccc3ccccc23)C[C@H]2[C@@H]3CCC4=CC(=O)CC[C@]4(C)[C@@]3(F)[C@@H](O)C[C@@]21C. The quantitative estimate of drug-likeness (QED) is 0.519. The third kappa shape index (κ3) is 3.19. The molecule has 0 heterocycles. The maximum Gasteiger partial charge on any atom is 0.167 e. The van der Waals surface area contributed by atoms with Gasteiger partial charge in [-0.05, 0) is 67.2 Å². The Hall–Kier alpha value is -2.66. The van der Waals surface area contributed by atoms with Gasteiger partial charge < -0.3 is 5.11 Å². The molecular weight excluding hydrogens is 467 g/mol. The van der Waals surface area contributed by atoms with Gasteiger partial charge in [-0.3, -0.25) is 14.4 Å². The molecule has 4 nitrogen and oxygen atoms in total. The van der Waals surface area contributed by atoms with Crippen molar-refractivity contribution in [3.05, 3.63) is 59.7 Å². The number of halogens is 1. The lowest BCUT2D eigenvalue weighted by atomic mass is 9.44. The van der Waals surface area contributed by atoms with Crippen molar-refractivity contribution in [1.29, 1.82) is 0 Å². The molecule has 5 heteroatoms. The van der Waals surface area contributed by atoms with E-state index in [1.54, 1.807) is 13.0 Å². The number of allylic oxidation sites excluding steroid dienone is 1. The minimum Gasteiger partial charge on any atom is -0.390 e. The highest BCUT2D eigenvalue weighted by Crippen LogP contribution is 2.70. The first-order chi connectivity index (χ1) is 17.5. The summed E-state index contributed by atoms with van der Waals surface area (Å²) >= 11 is 0. The van der Waals surface area contributed by atoms with E-state index in [2.05, 4.69) is 0 Å². The third-order valence-corrected chi connectivity index (χ3v) is 10.9. The van der Waals surface area contributed by atoms with E-state index < -0.39 is 40.4 Å². The number of benzene rings is 2. The van der Waals surface area contributed by atoms with Gasteiger partial charge in [-0.1, -0.05) is 61.9 Å². The Morgan fingerprint density at radius 3 is 2.51 bits per heavy atom. The number of aliphatic hydroxyl groups is 1. The van der Waals surface area contributed by atoms with E-state index in [1.165, 1.54) is 0 Å². The fraction of sp³-hybridized carbons (Fsp3) is 0.531. The summed E-state index contributed by atoms with van der Waals surface area (Å²) in [6.45, 7) is 5.42. The van der Waals surface area contributed by atoms with Gasteiger partial charge >= 0.3 is 0 Å². The van der Waals surface area contributed by atoms with Gasteiger partial charge in [0, 0.05) is 35.2 Å². The molecule has 2 aromatic carbocycles. The van der Waals surface area contributed by atoms with Crippen molar-refractivity contribution in [2.75, 3.05) is 0 Å². The maximum atomic E-state index is 17.5. The van der Waals surface area contributed by atoms with Crippen LogP contribution in [0.4, 0.5) is 4.39 Å². The van der Waals surface area contributed by atoms with Gasteiger partial charge in [0.1, 0.15) is 11.5 Å². The molecule has 6 rings (SSSR count). The molecule has 0 unspecified atom stereocenters. The average Bonchev–Trinajstić information content (AvgIpc) is 3.17. The second-order valence-electron chi connectivity index (χ2n) is 12.5. The second-order valence-corrected chi connectivity index (χ2v) is 12.5. The van der Waals surface area contributed by atoms with Crippen LogP contribution in [-0.2, 0) is 9.59 Å². The predicted molar refractivity (Wildman–Crippen MR) is 140 cm³/mol. The molecule has 194 valence electrons. The average molecular weight is 503 g/mol. The minimum atomic E-state index is -1.89. The van der Waals surface area contributed by atoms with Gasteiger partial charge in [-0.15, -0.1) is 0 Å². The molecule has 0 saturated heterocycles. The van der Waals surface area contributed by atoms with Crippen LogP contribution in [0.25, 0.3) is 10.8 Å². The van der Waals surface area contributed by atoms with Crippen molar-refractivity contribution in [3.63, 3.8) is 0 Å². The van der Waals surface area contributed by atoms with Crippen LogP contribution in [0.15, 0.2) is 54.1 Å². The van der Waals surface area contributed by atoms with Crippen molar-refractivity contribution in [2.45, 2.75) is 71.1 Å². The van der Waals surface area contributed by atoms with E-state index in [1.807, 2.05) is 56.3 Å². The zero-order chi connectivity index (χ0) is 26.3. The van der Waals surface area contributed by atoms with Gasteiger partial charge in [0.05, 0.1) is 6.10 Å². The number of ketones is 3. The molecular formula is C32H35FO4. The lowest BCUT2D eigenvalue weighted by molar-refractivity contribution is -0.208. The summed E-state index contributed by atoms with van der Waals surface area (Å²) in [5, 5.41) is 13.4. The molecule has 1 N–H and O–H groups in total. The first kappa shape index (κ1) is 24.7. The summed E-state index contributed by atoms with van der Waals surface area (Å²) in [4.78, 5) is 39.5. The molecule has 37 heavy (non-hydrogen) atoms. The van der Waals surface area contributed by atoms with Crippen LogP contribution < -0.4 is 0 Å². The smallest absolute Gasteiger partial charge is 0.167 e. The van der Waals surface area contributed by atoms with Crippen molar-refractivity contribution >= 4 is 28.1 Å². The van der Waals surface area contributed by atoms with Gasteiger partial charge in [0.25, 0.3) is 0 Å². The third-order valence-electron chi connectivity index (χ3n) is 10.9. The monoisotopic (exact) mass is 502 g/mol. The van der Waals surface area contributed by atoms with Gasteiger partial charge in [-0.2, -0.15) is 0 Å². The zero-order valence-electron chi connectivity index (χ0n) is 21.8. The molecule has 4 aliphatic carbocycles. The Bertz CT molecular complexity index is 1360. The van der Waals surface area contributed by atoms with Crippen molar-refractivity contribution in [3.8, 4) is 0 Å². The van der Waals surface area contributed by atoms with Crippen molar-refractivity contribution < 1.29 is 23.9 Å². The lowest BCUT2D eigenvalue weighted by Crippen LogP contribution is -2.67. The van der Waals surface area contributed by atoms with Crippen molar-refractivity contribution in [1.82, 2.24) is 0 Å². The fourth-order valence-electron chi connectivity index (χ4n) is 9.27. The van der Waals surface area contributed by atoms with Gasteiger partial charge in [-0.25, -0.2) is 4.39 Å². The molecule has 4 aliphatic rings. The number of hydrogen-bond acceptors (Lipinski definition) is 4. The summed E-state index contributed by atoms with van der Waals surface area (Å²) < 4.78 is 17.5. The Balaban J connectivity index is 1.44. The van der Waals surface area contributed by atoms with Crippen molar-refractivity contribution in [2.24, 2.45) is 34.5 Å². The molecule has 0 radical (unpaired) electrons. The van der Waals surface area contributed by atoms with Crippen LogP contribution in [-0.4, -0.2) is 34.2 Å². The largest absolute Gasteiger partial charge is 0.390 e. The second kappa shape index (κ2) is 8.17. The summed E-state index contributed by atoms with van der Waals surface area (Å²) in [5.74, 6) is -1.88. The van der Waals surface area contributed by atoms with Gasteiger partial charge in [0.15, 0.2) is 11.6 Å². The first-order valence-corrected chi connectivity index (χ1v) is 13.7. The number of aliphatic hydroxyl groups excluding tert-OH is 1. The van der Waals surface area contributed by atoms with E-state index in [0.29, 0.717) is 31.2 Å². The molecule has 0 spiro atoms. The number of rotatable bonds is 3. The highest BCUT2D eigenvalue weighted by molar-refractivity contribution is 6.10. The van der Waals surface area contributed by atoms with Crippen LogP contribution in [0.2, 0.25) is 0 Å². The Labute approximate surface area is 217 Å². The fourth-order valence-corrected chi connectivity index (χ4v) is 9.27. The minimum absolute atomic E-state index is 0.0305. The van der Waals surface area contributed by atoms with E-state index in [9.17, 15) is 19.5 Å². The molecule has 0 aromatic heterocycles. The normalized spacial score (nSPS) is 40.9. The highest BCUT2D eigenvalue weighted by atomic mass is 19.1. The van der Waals surface area contributed by atoms with E-state index >= 15 is 4.39 Å². The van der Waals surface area contributed by atoms with Crippen LogP contribution in [0, 0.1) is 34.5 Å². The van der Waals surface area contributed by atoms with Crippen LogP contribution >= 0.6 is 0 Å². The topological polar surface area (TPSA) is 71.4 Å². The van der Waals surface area contributed by atoms with Gasteiger partial charge in [0.2, 0.25) is 0 Å². The van der Waals surface area contributed by atoms with Crippen LogP contribution in [0.5, 0.6) is 0 Å². The predicted octanol–water partition coefficient (Wildman–Crippen LogP) is 6.05. The summed E-state index contributed by atoms with van der Waals surface area (Å²) in [6.07, 6.45) is 2.75. The van der Waals surface area contributed by atoms with Crippen LogP contribution in [0.3, 0.4) is 0 Å². The molecule has 2 aromatic rings. The lowest BCUT2D eigenvalue weighted by Gasteiger charge is -2.62. The number of carbonyl (C=O) groups is 3.